The highest BCUT2D eigenvalue weighted by Crippen LogP contribution is 2.20. The van der Waals surface area contributed by atoms with Crippen molar-refractivity contribution in [2.45, 2.75) is 39.3 Å². The average Bonchev–Trinajstić information content (AvgIpc) is 3.22. The van der Waals surface area contributed by atoms with Crippen molar-refractivity contribution < 1.29 is 4.79 Å². The summed E-state index contributed by atoms with van der Waals surface area (Å²) in [6.45, 7) is 7.95. The third-order valence-electron chi connectivity index (χ3n) is 5.21. The molecule has 31 heavy (non-hydrogen) atoms. The van der Waals surface area contributed by atoms with Crippen LogP contribution in [-0.4, -0.2) is 44.1 Å². The largest absolute Gasteiger partial charge is 0.369 e. The molecule has 7 heteroatoms. The predicted molar refractivity (Wildman–Crippen MR) is 139 cm³/mol. The topological polar surface area (TPSA) is 68.8 Å². The summed E-state index contributed by atoms with van der Waals surface area (Å²) < 4.78 is 0. The molecule has 3 N–H and O–H groups in total. The number of carbonyl (C=O) groups is 1. The zero-order chi connectivity index (χ0) is 21.2. The summed E-state index contributed by atoms with van der Waals surface area (Å²) >= 11 is 0. The van der Waals surface area contributed by atoms with Gasteiger partial charge < -0.3 is 20.9 Å². The maximum atomic E-state index is 12.1. The molecule has 6 nitrogen and oxygen atoms in total. The second-order valence-corrected chi connectivity index (χ2v) is 7.68. The number of nitrogens with one attached hydrogen (secondary N) is 3. The van der Waals surface area contributed by atoms with E-state index in [0.717, 1.165) is 37.6 Å². The molecule has 0 spiro atoms. The minimum absolute atomic E-state index is 0. The molecule has 168 valence electrons. The molecule has 1 unspecified atom stereocenters. The molecule has 0 saturated carbocycles. The molecule has 1 heterocycles. The van der Waals surface area contributed by atoms with E-state index in [0.29, 0.717) is 25.6 Å². The van der Waals surface area contributed by atoms with Gasteiger partial charge in [0.2, 0.25) is 5.91 Å². The summed E-state index contributed by atoms with van der Waals surface area (Å²) in [6, 6.07) is 19.0. The Kier molecular flexibility index (Phi) is 10.6. The number of guanidine groups is 1. The van der Waals surface area contributed by atoms with Gasteiger partial charge in [-0.15, -0.1) is 24.0 Å². The van der Waals surface area contributed by atoms with Gasteiger partial charge in [-0.3, -0.25) is 9.79 Å². The van der Waals surface area contributed by atoms with Crippen molar-refractivity contribution >= 4 is 41.5 Å². The van der Waals surface area contributed by atoms with Crippen molar-refractivity contribution in [2.24, 2.45) is 4.99 Å². The normalized spacial score (nSPS) is 15.9. The van der Waals surface area contributed by atoms with Crippen LogP contribution >= 0.6 is 24.0 Å². The number of anilines is 1. The minimum atomic E-state index is 0. The number of carbonyl (C=O) groups excluding carboxylic acids is 1. The number of aliphatic imine (C=N–C) groups is 1. The predicted octanol–water partition coefficient (Wildman–Crippen LogP) is 3.45. The fraction of sp³-hybridized carbons (Fsp3) is 0.417. The van der Waals surface area contributed by atoms with Crippen LogP contribution in [0.25, 0.3) is 0 Å². The van der Waals surface area contributed by atoms with Crippen molar-refractivity contribution in [3.63, 3.8) is 0 Å². The molecular weight excluding hydrogens is 501 g/mol. The summed E-state index contributed by atoms with van der Waals surface area (Å²) in [6.07, 6.45) is 1.44. The lowest BCUT2D eigenvalue weighted by Crippen LogP contribution is -2.44. The van der Waals surface area contributed by atoms with Gasteiger partial charge in [0, 0.05) is 44.3 Å². The van der Waals surface area contributed by atoms with Crippen LogP contribution in [0.15, 0.2) is 59.6 Å². The minimum Gasteiger partial charge on any atom is -0.369 e. The lowest BCUT2D eigenvalue weighted by atomic mass is 10.2. The van der Waals surface area contributed by atoms with Crippen LogP contribution in [0, 0.1) is 6.92 Å². The lowest BCUT2D eigenvalue weighted by Gasteiger charge is -2.20. The van der Waals surface area contributed by atoms with Crippen LogP contribution in [0.4, 0.5) is 5.69 Å². The monoisotopic (exact) mass is 535 g/mol. The maximum Gasteiger partial charge on any atom is 0.222 e. The molecule has 0 aliphatic carbocycles. The molecule has 3 rings (SSSR count). The summed E-state index contributed by atoms with van der Waals surface area (Å²) in [7, 11) is 0. The Morgan fingerprint density at radius 2 is 1.84 bits per heavy atom. The Balaban J connectivity index is 0.00000341. The molecule has 1 amide bonds. The Bertz CT molecular complexity index is 826. The van der Waals surface area contributed by atoms with Gasteiger partial charge in [-0.1, -0.05) is 48.0 Å². The quantitative estimate of drug-likeness (QED) is 0.275. The first-order valence-electron chi connectivity index (χ1n) is 10.8. The van der Waals surface area contributed by atoms with E-state index >= 15 is 0 Å². The summed E-state index contributed by atoms with van der Waals surface area (Å²) in [4.78, 5) is 19.1. The number of amides is 1. The molecular formula is C24H34IN5O. The van der Waals surface area contributed by atoms with Gasteiger partial charge in [0.1, 0.15) is 0 Å². The van der Waals surface area contributed by atoms with Crippen molar-refractivity contribution in [1.29, 1.82) is 0 Å². The number of hydrogen-bond acceptors (Lipinski definition) is 3. The molecule has 0 radical (unpaired) electrons. The second kappa shape index (κ2) is 13.2. The molecule has 1 aliphatic heterocycles. The summed E-state index contributed by atoms with van der Waals surface area (Å²) in [5.41, 5.74) is 3.65. The fourth-order valence-electron chi connectivity index (χ4n) is 3.54. The number of halogens is 1. The molecule has 2 aromatic rings. The molecule has 1 aliphatic rings. The Labute approximate surface area is 202 Å². The fourth-order valence-corrected chi connectivity index (χ4v) is 3.54. The van der Waals surface area contributed by atoms with Crippen molar-refractivity contribution in [3.8, 4) is 0 Å². The second-order valence-electron chi connectivity index (χ2n) is 7.68. The Morgan fingerprint density at radius 1 is 1.10 bits per heavy atom. The van der Waals surface area contributed by atoms with Crippen LogP contribution in [0.1, 0.15) is 30.9 Å². The van der Waals surface area contributed by atoms with Gasteiger partial charge in [0.05, 0.1) is 6.54 Å². The molecule has 1 saturated heterocycles. The van der Waals surface area contributed by atoms with E-state index in [2.05, 4.69) is 64.0 Å². The van der Waals surface area contributed by atoms with Gasteiger partial charge in [-0.25, -0.2) is 0 Å². The smallest absolute Gasteiger partial charge is 0.222 e. The number of benzene rings is 2. The highest BCUT2D eigenvalue weighted by molar-refractivity contribution is 14.0. The van der Waals surface area contributed by atoms with Crippen LogP contribution < -0.4 is 20.9 Å². The van der Waals surface area contributed by atoms with E-state index in [1.165, 1.54) is 11.3 Å². The maximum absolute atomic E-state index is 12.1. The van der Waals surface area contributed by atoms with Crippen LogP contribution in [0.3, 0.4) is 0 Å². The van der Waals surface area contributed by atoms with E-state index in [9.17, 15) is 4.79 Å². The van der Waals surface area contributed by atoms with E-state index in [4.69, 9.17) is 0 Å². The standard InChI is InChI=1S/C24H33N5O.HI/c1-3-25-24(26-15-13-23(30)27-17-20-7-5-4-6-8-20)28-21-14-16-29(18-21)22-11-9-19(2)10-12-22;/h4-12,21H,3,13-18H2,1-2H3,(H,27,30)(H2,25,26,28);1H. The highest BCUT2D eigenvalue weighted by atomic mass is 127. The van der Waals surface area contributed by atoms with E-state index in [1.54, 1.807) is 0 Å². The van der Waals surface area contributed by atoms with E-state index in [1.807, 2.05) is 30.3 Å². The third-order valence-corrected chi connectivity index (χ3v) is 5.21. The molecule has 0 bridgehead atoms. The van der Waals surface area contributed by atoms with Gasteiger partial charge in [-0.05, 0) is 38.0 Å². The van der Waals surface area contributed by atoms with Crippen molar-refractivity contribution in [2.75, 3.05) is 31.1 Å². The van der Waals surface area contributed by atoms with Gasteiger partial charge >= 0.3 is 0 Å². The summed E-state index contributed by atoms with van der Waals surface area (Å²) in [5.74, 6) is 0.800. The number of nitrogens with zero attached hydrogens (tertiary/aromatic N) is 2. The third kappa shape index (κ3) is 8.40. The number of hydrogen-bond donors (Lipinski definition) is 3. The zero-order valence-electron chi connectivity index (χ0n) is 18.4. The molecule has 2 aromatic carbocycles. The van der Waals surface area contributed by atoms with Gasteiger partial charge in [0.15, 0.2) is 5.96 Å². The SMILES string of the molecule is CCNC(=NCCC(=O)NCc1ccccc1)NC1CCN(c2ccc(C)cc2)C1.I. The van der Waals surface area contributed by atoms with Gasteiger partial charge in [-0.2, -0.15) is 0 Å². The van der Waals surface area contributed by atoms with Gasteiger partial charge in [0.25, 0.3) is 0 Å². The first kappa shape index (κ1) is 25.0. The van der Waals surface area contributed by atoms with E-state index in [-0.39, 0.29) is 29.9 Å². The van der Waals surface area contributed by atoms with Crippen molar-refractivity contribution in [3.05, 3.63) is 65.7 Å². The van der Waals surface area contributed by atoms with Crippen LogP contribution in [0.2, 0.25) is 0 Å². The highest BCUT2D eigenvalue weighted by Gasteiger charge is 2.23. The Hall–Kier alpha value is -2.29. The molecule has 1 fully saturated rings. The first-order chi connectivity index (χ1) is 14.6. The first-order valence-corrected chi connectivity index (χ1v) is 10.8. The van der Waals surface area contributed by atoms with Crippen molar-refractivity contribution in [1.82, 2.24) is 16.0 Å². The van der Waals surface area contributed by atoms with Crippen LogP contribution in [0.5, 0.6) is 0 Å². The number of aryl methyl sites for hydroxylation is 1. The molecule has 1 atom stereocenters. The Morgan fingerprint density at radius 3 is 2.55 bits per heavy atom. The zero-order valence-corrected chi connectivity index (χ0v) is 20.8. The van der Waals surface area contributed by atoms with E-state index < -0.39 is 0 Å². The lowest BCUT2D eigenvalue weighted by molar-refractivity contribution is -0.121. The average molecular weight is 535 g/mol. The molecule has 0 aromatic heterocycles. The summed E-state index contributed by atoms with van der Waals surface area (Å²) in [5, 5.41) is 9.77. The van der Waals surface area contributed by atoms with Crippen LogP contribution in [-0.2, 0) is 11.3 Å². The number of rotatable bonds is 8.